The van der Waals surface area contributed by atoms with Crippen LogP contribution >= 0.6 is 0 Å². The second-order valence-corrected chi connectivity index (χ2v) is 6.85. The van der Waals surface area contributed by atoms with E-state index in [0.717, 1.165) is 17.9 Å². The van der Waals surface area contributed by atoms with E-state index in [0.29, 0.717) is 6.04 Å². The van der Waals surface area contributed by atoms with E-state index >= 15 is 0 Å². The van der Waals surface area contributed by atoms with Crippen molar-refractivity contribution in [2.75, 3.05) is 19.0 Å². The standard InChI is InChI=1S/C18H27N3/c1-13(18(2,3)4)21(6)17-15(12-19-5)11-14-9-7-8-10-16(14)20-17/h7-11,13,19H,12H2,1-6H3. The van der Waals surface area contributed by atoms with Crippen molar-refractivity contribution >= 4 is 16.7 Å². The quantitative estimate of drug-likeness (QED) is 0.925. The molecule has 0 bridgehead atoms. The topological polar surface area (TPSA) is 28.2 Å². The first-order valence-electron chi connectivity index (χ1n) is 7.60. The zero-order valence-corrected chi connectivity index (χ0v) is 14.1. The molecule has 0 aliphatic heterocycles. The van der Waals surface area contributed by atoms with E-state index in [1.54, 1.807) is 0 Å². The van der Waals surface area contributed by atoms with Crippen molar-refractivity contribution in [2.45, 2.75) is 40.3 Å². The third-order valence-electron chi connectivity index (χ3n) is 4.32. The fraction of sp³-hybridized carbons (Fsp3) is 0.500. The van der Waals surface area contributed by atoms with Gasteiger partial charge in [0.15, 0.2) is 0 Å². The van der Waals surface area contributed by atoms with Gasteiger partial charge in [-0.25, -0.2) is 4.98 Å². The maximum absolute atomic E-state index is 4.91. The highest BCUT2D eigenvalue weighted by atomic mass is 15.2. The van der Waals surface area contributed by atoms with Crippen molar-refractivity contribution in [3.63, 3.8) is 0 Å². The third kappa shape index (κ3) is 3.35. The lowest BCUT2D eigenvalue weighted by Gasteiger charge is -2.37. The number of aromatic nitrogens is 1. The zero-order valence-electron chi connectivity index (χ0n) is 14.1. The average molecular weight is 285 g/mol. The summed E-state index contributed by atoms with van der Waals surface area (Å²) in [4.78, 5) is 7.22. The number of hydrogen-bond acceptors (Lipinski definition) is 3. The molecule has 0 fully saturated rings. The fourth-order valence-electron chi connectivity index (χ4n) is 2.54. The Morgan fingerprint density at radius 2 is 1.90 bits per heavy atom. The first kappa shape index (κ1) is 15.8. The van der Waals surface area contributed by atoms with Gasteiger partial charge in [0.2, 0.25) is 0 Å². The van der Waals surface area contributed by atoms with Crippen molar-refractivity contribution in [3.05, 3.63) is 35.9 Å². The van der Waals surface area contributed by atoms with Gasteiger partial charge in [-0.2, -0.15) is 0 Å². The second kappa shape index (κ2) is 6.02. The Balaban J connectivity index is 2.52. The van der Waals surface area contributed by atoms with Crippen LogP contribution in [0.15, 0.2) is 30.3 Å². The monoisotopic (exact) mass is 285 g/mol. The molecule has 2 aromatic rings. The number of benzene rings is 1. The van der Waals surface area contributed by atoms with Crippen LogP contribution in [0.2, 0.25) is 0 Å². The summed E-state index contributed by atoms with van der Waals surface area (Å²) in [5.74, 6) is 1.07. The summed E-state index contributed by atoms with van der Waals surface area (Å²) in [5, 5.41) is 4.45. The van der Waals surface area contributed by atoms with E-state index in [9.17, 15) is 0 Å². The molecule has 0 saturated heterocycles. The molecule has 114 valence electrons. The minimum Gasteiger partial charge on any atom is -0.356 e. The minimum atomic E-state index is 0.207. The molecular formula is C18H27N3. The number of anilines is 1. The summed E-state index contributed by atoms with van der Waals surface area (Å²) in [6.45, 7) is 9.90. The third-order valence-corrected chi connectivity index (χ3v) is 4.32. The number of rotatable bonds is 4. The SMILES string of the molecule is CNCc1cc2ccccc2nc1N(C)C(C)C(C)(C)C. The highest BCUT2D eigenvalue weighted by molar-refractivity contribution is 5.81. The Bertz CT molecular complexity index is 613. The highest BCUT2D eigenvalue weighted by Crippen LogP contribution is 2.30. The number of hydrogen-bond donors (Lipinski definition) is 1. The number of nitrogens with one attached hydrogen (secondary N) is 1. The molecule has 0 amide bonds. The lowest BCUT2D eigenvalue weighted by molar-refractivity contribution is 0.328. The molecule has 1 aromatic heterocycles. The van der Waals surface area contributed by atoms with E-state index in [1.165, 1.54) is 10.9 Å². The number of fused-ring (bicyclic) bond motifs is 1. The molecule has 0 saturated carbocycles. The van der Waals surface area contributed by atoms with Crippen LogP contribution in [-0.2, 0) is 6.54 Å². The largest absolute Gasteiger partial charge is 0.356 e. The average Bonchev–Trinajstić information content (AvgIpc) is 2.44. The molecule has 0 aliphatic carbocycles. The van der Waals surface area contributed by atoms with Crippen LogP contribution < -0.4 is 10.2 Å². The number of pyridine rings is 1. The zero-order chi connectivity index (χ0) is 15.6. The molecule has 0 radical (unpaired) electrons. The van der Waals surface area contributed by atoms with Crippen LogP contribution in [0.4, 0.5) is 5.82 Å². The molecule has 0 spiro atoms. The predicted octanol–water partition coefficient (Wildman–Crippen LogP) is 3.83. The molecule has 0 aliphatic rings. The summed E-state index contributed by atoms with van der Waals surface area (Å²) in [7, 11) is 4.12. The van der Waals surface area contributed by atoms with Crippen molar-refractivity contribution in [3.8, 4) is 0 Å². The molecule has 1 heterocycles. The van der Waals surface area contributed by atoms with Gasteiger partial charge in [-0.15, -0.1) is 0 Å². The molecule has 3 heteroatoms. The van der Waals surface area contributed by atoms with Gasteiger partial charge in [0, 0.05) is 30.6 Å². The van der Waals surface area contributed by atoms with Crippen LogP contribution in [0, 0.1) is 5.41 Å². The van der Waals surface area contributed by atoms with Gasteiger partial charge in [-0.1, -0.05) is 39.0 Å². The molecule has 2 rings (SSSR count). The van der Waals surface area contributed by atoms with E-state index in [4.69, 9.17) is 4.98 Å². The van der Waals surface area contributed by atoms with Crippen LogP contribution in [0.3, 0.4) is 0 Å². The molecule has 1 N–H and O–H groups in total. The fourth-order valence-corrected chi connectivity index (χ4v) is 2.54. The first-order chi connectivity index (χ1) is 9.84. The maximum Gasteiger partial charge on any atom is 0.133 e. The van der Waals surface area contributed by atoms with Gasteiger partial charge in [0.25, 0.3) is 0 Å². The molecule has 1 atom stereocenters. The van der Waals surface area contributed by atoms with Gasteiger partial charge in [-0.3, -0.25) is 0 Å². The van der Waals surface area contributed by atoms with Gasteiger partial charge >= 0.3 is 0 Å². The summed E-state index contributed by atoms with van der Waals surface area (Å²) < 4.78 is 0. The summed E-state index contributed by atoms with van der Waals surface area (Å²) in [6.07, 6.45) is 0. The molecule has 1 aromatic carbocycles. The lowest BCUT2D eigenvalue weighted by Crippen LogP contribution is -2.40. The Morgan fingerprint density at radius 3 is 2.52 bits per heavy atom. The van der Waals surface area contributed by atoms with Crippen LogP contribution in [0.1, 0.15) is 33.3 Å². The highest BCUT2D eigenvalue weighted by Gasteiger charge is 2.26. The van der Waals surface area contributed by atoms with Gasteiger partial charge < -0.3 is 10.2 Å². The van der Waals surface area contributed by atoms with Crippen molar-refractivity contribution in [1.82, 2.24) is 10.3 Å². The van der Waals surface area contributed by atoms with Crippen LogP contribution in [0.25, 0.3) is 10.9 Å². The van der Waals surface area contributed by atoms with E-state index in [1.807, 2.05) is 13.1 Å². The van der Waals surface area contributed by atoms with Crippen molar-refractivity contribution in [2.24, 2.45) is 5.41 Å². The molecule has 21 heavy (non-hydrogen) atoms. The van der Waals surface area contributed by atoms with Crippen LogP contribution in [-0.4, -0.2) is 25.1 Å². The van der Waals surface area contributed by atoms with Crippen molar-refractivity contribution in [1.29, 1.82) is 0 Å². The van der Waals surface area contributed by atoms with Gasteiger partial charge in [0.05, 0.1) is 5.52 Å². The maximum atomic E-state index is 4.91. The van der Waals surface area contributed by atoms with E-state index < -0.39 is 0 Å². The Labute approximate surface area is 128 Å². The predicted molar refractivity (Wildman–Crippen MR) is 91.8 cm³/mol. The second-order valence-electron chi connectivity index (χ2n) is 6.85. The van der Waals surface area contributed by atoms with Gasteiger partial charge in [0.1, 0.15) is 5.82 Å². The van der Waals surface area contributed by atoms with E-state index in [2.05, 4.69) is 69.2 Å². The molecular weight excluding hydrogens is 258 g/mol. The summed E-state index contributed by atoms with van der Waals surface area (Å²) in [6, 6.07) is 11.0. The number of nitrogens with zero attached hydrogens (tertiary/aromatic N) is 2. The Hall–Kier alpha value is -1.61. The minimum absolute atomic E-state index is 0.207. The molecule has 1 unspecified atom stereocenters. The van der Waals surface area contributed by atoms with Crippen LogP contribution in [0.5, 0.6) is 0 Å². The smallest absolute Gasteiger partial charge is 0.133 e. The normalized spacial score (nSPS) is 13.4. The summed E-state index contributed by atoms with van der Waals surface area (Å²) in [5.41, 5.74) is 2.51. The Kier molecular flexibility index (Phi) is 4.52. The van der Waals surface area contributed by atoms with E-state index in [-0.39, 0.29) is 5.41 Å². The van der Waals surface area contributed by atoms with Gasteiger partial charge in [-0.05, 0) is 31.5 Å². The number of para-hydroxylation sites is 1. The first-order valence-corrected chi connectivity index (χ1v) is 7.60. The molecule has 3 nitrogen and oxygen atoms in total. The van der Waals surface area contributed by atoms with Crippen molar-refractivity contribution < 1.29 is 0 Å². The Morgan fingerprint density at radius 1 is 1.24 bits per heavy atom. The lowest BCUT2D eigenvalue weighted by atomic mass is 9.87. The summed E-state index contributed by atoms with van der Waals surface area (Å²) >= 11 is 0.